The number of nitrogens with zero attached hydrogens (tertiary/aromatic N) is 3. The van der Waals surface area contributed by atoms with Crippen molar-refractivity contribution >= 4 is 34.8 Å². The second kappa shape index (κ2) is 13.1. The number of amides is 2. The minimum absolute atomic E-state index is 0.0186. The molecule has 3 aromatic rings. The van der Waals surface area contributed by atoms with Crippen LogP contribution in [-0.4, -0.2) is 57.1 Å². The Hall–Kier alpha value is -3.71. The summed E-state index contributed by atoms with van der Waals surface area (Å²) in [6.07, 6.45) is 3.18. The van der Waals surface area contributed by atoms with Gasteiger partial charge in [-0.2, -0.15) is 0 Å². The average molecular weight is 590 g/mol. The van der Waals surface area contributed by atoms with Crippen LogP contribution in [0.3, 0.4) is 0 Å². The first kappa shape index (κ1) is 29.8. The molecule has 2 aliphatic heterocycles. The second-order valence-electron chi connectivity index (χ2n) is 11.3. The topological polar surface area (TPSA) is 62.3 Å². The van der Waals surface area contributed by atoms with Gasteiger partial charge in [0.25, 0.3) is 0 Å². The SMILES string of the molecule is CCCOc1cc2c(cc1OC)CC(=O)N(c1ccc(N(C)CC3CCN(C(C)=O)CC3)cc1)C2c1ccc(Cl)cc1. The molecule has 1 atom stereocenters. The zero-order valence-electron chi connectivity index (χ0n) is 24.9. The maximum absolute atomic E-state index is 13.8. The van der Waals surface area contributed by atoms with E-state index in [4.69, 9.17) is 21.1 Å². The number of hydrogen-bond acceptors (Lipinski definition) is 5. The molecule has 42 heavy (non-hydrogen) atoms. The third-order valence-electron chi connectivity index (χ3n) is 8.40. The molecular formula is C34H40ClN3O4. The summed E-state index contributed by atoms with van der Waals surface area (Å²) in [6, 6.07) is 19.6. The van der Waals surface area contributed by atoms with E-state index in [1.165, 1.54) is 0 Å². The number of fused-ring (bicyclic) bond motifs is 1. The summed E-state index contributed by atoms with van der Waals surface area (Å²) in [5.41, 5.74) is 4.86. The maximum Gasteiger partial charge on any atom is 0.232 e. The van der Waals surface area contributed by atoms with Gasteiger partial charge in [-0.15, -0.1) is 0 Å². The first-order valence-corrected chi connectivity index (χ1v) is 15.1. The molecule has 1 fully saturated rings. The van der Waals surface area contributed by atoms with E-state index in [0.717, 1.165) is 67.0 Å². The highest BCUT2D eigenvalue weighted by Crippen LogP contribution is 2.44. The van der Waals surface area contributed by atoms with Crippen LogP contribution in [-0.2, 0) is 16.0 Å². The number of halogens is 1. The molecule has 0 bridgehead atoms. The Kier molecular flexibility index (Phi) is 9.27. The minimum Gasteiger partial charge on any atom is -0.493 e. The number of likely N-dealkylation sites (tertiary alicyclic amines) is 1. The fraction of sp³-hybridized carbons (Fsp3) is 0.412. The monoisotopic (exact) mass is 589 g/mol. The van der Waals surface area contributed by atoms with Crippen LogP contribution in [0.1, 0.15) is 55.8 Å². The molecule has 2 heterocycles. The maximum atomic E-state index is 13.8. The molecule has 7 nitrogen and oxygen atoms in total. The molecule has 0 radical (unpaired) electrons. The van der Waals surface area contributed by atoms with Crippen molar-refractivity contribution in [2.45, 2.75) is 45.6 Å². The Bertz CT molecular complexity index is 1400. The molecule has 8 heteroatoms. The molecule has 0 saturated carbocycles. The summed E-state index contributed by atoms with van der Waals surface area (Å²) in [4.78, 5) is 31.6. The summed E-state index contributed by atoms with van der Waals surface area (Å²) in [6.45, 7) is 6.88. The van der Waals surface area contributed by atoms with Crippen molar-refractivity contribution in [2.24, 2.45) is 5.92 Å². The van der Waals surface area contributed by atoms with E-state index in [1.807, 2.05) is 58.3 Å². The van der Waals surface area contributed by atoms with Gasteiger partial charge >= 0.3 is 0 Å². The number of methoxy groups -OCH3 is 1. The molecule has 0 spiro atoms. The van der Waals surface area contributed by atoms with Crippen LogP contribution in [0.4, 0.5) is 11.4 Å². The van der Waals surface area contributed by atoms with Crippen LogP contribution in [0.15, 0.2) is 60.7 Å². The molecule has 1 saturated heterocycles. The van der Waals surface area contributed by atoms with Crippen molar-refractivity contribution in [1.82, 2.24) is 4.90 Å². The van der Waals surface area contributed by atoms with Gasteiger partial charge < -0.3 is 24.2 Å². The largest absolute Gasteiger partial charge is 0.493 e. The molecule has 1 unspecified atom stereocenters. The standard InChI is InChI=1S/C34H40ClN3O4/c1-5-18-42-32-21-30-26(19-31(32)41-4)20-33(40)38(34(30)25-6-8-27(35)9-7-25)29-12-10-28(11-13-29)36(3)22-24-14-16-37(17-15-24)23(2)39/h6-13,19,21,24,34H,5,14-18,20,22H2,1-4H3. The van der Waals surface area contributed by atoms with Gasteiger partial charge in [0.15, 0.2) is 11.5 Å². The lowest BCUT2D eigenvalue weighted by molar-refractivity contribution is -0.130. The Morgan fingerprint density at radius 3 is 2.33 bits per heavy atom. The normalized spacial score (nSPS) is 17.2. The third-order valence-corrected chi connectivity index (χ3v) is 8.65. The molecule has 0 aromatic heterocycles. The summed E-state index contributed by atoms with van der Waals surface area (Å²) in [5.74, 6) is 2.04. The van der Waals surface area contributed by atoms with E-state index in [1.54, 1.807) is 14.0 Å². The number of ether oxygens (including phenoxy) is 2. The van der Waals surface area contributed by atoms with Gasteiger partial charge in [-0.05, 0) is 90.4 Å². The van der Waals surface area contributed by atoms with E-state index < -0.39 is 0 Å². The number of rotatable bonds is 9. The quantitative estimate of drug-likeness (QED) is 0.285. The molecular weight excluding hydrogens is 550 g/mol. The zero-order valence-corrected chi connectivity index (χ0v) is 25.7. The summed E-state index contributed by atoms with van der Waals surface area (Å²) >= 11 is 6.25. The highest BCUT2D eigenvalue weighted by Gasteiger charge is 2.36. The van der Waals surface area contributed by atoms with Crippen molar-refractivity contribution in [2.75, 3.05) is 50.2 Å². The van der Waals surface area contributed by atoms with Crippen molar-refractivity contribution in [3.8, 4) is 11.5 Å². The van der Waals surface area contributed by atoms with Crippen molar-refractivity contribution in [1.29, 1.82) is 0 Å². The van der Waals surface area contributed by atoms with Gasteiger partial charge in [-0.25, -0.2) is 0 Å². The molecule has 0 aliphatic carbocycles. The third kappa shape index (κ3) is 6.36. The van der Waals surface area contributed by atoms with Crippen LogP contribution >= 0.6 is 11.6 Å². The lowest BCUT2D eigenvalue weighted by Gasteiger charge is -2.38. The van der Waals surface area contributed by atoms with E-state index in [-0.39, 0.29) is 24.3 Å². The fourth-order valence-corrected chi connectivity index (χ4v) is 6.22. The number of piperidine rings is 1. The summed E-state index contributed by atoms with van der Waals surface area (Å²) in [5, 5.41) is 0.647. The van der Waals surface area contributed by atoms with Gasteiger partial charge in [0, 0.05) is 50.0 Å². The van der Waals surface area contributed by atoms with E-state index >= 15 is 0 Å². The molecule has 0 N–H and O–H groups in total. The lowest BCUT2D eigenvalue weighted by Crippen LogP contribution is -2.41. The van der Waals surface area contributed by atoms with Crippen LogP contribution in [0.25, 0.3) is 0 Å². The van der Waals surface area contributed by atoms with Gasteiger partial charge in [-0.3, -0.25) is 9.59 Å². The summed E-state index contributed by atoms with van der Waals surface area (Å²) in [7, 11) is 3.73. The van der Waals surface area contributed by atoms with Gasteiger partial charge in [0.05, 0.1) is 26.2 Å². The van der Waals surface area contributed by atoms with Crippen molar-refractivity contribution in [3.63, 3.8) is 0 Å². The van der Waals surface area contributed by atoms with E-state index in [2.05, 4.69) is 31.0 Å². The number of carbonyl (C=O) groups excluding carboxylic acids is 2. The van der Waals surface area contributed by atoms with Gasteiger partial charge in [-0.1, -0.05) is 30.7 Å². The molecule has 2 amide bonds. The predicted octanol–water partition coefficient (Wildman–Crippen LogP) is 6.51. The number of anilines is 2. The predicted molar refractivity (Wildman–Crippen MR) is 168 cm³/mol. The van der Waals surface area contributed by atoms with Crippen LogP contribution in [0.5, 0.6) is 11.5 Å². The highest BCUT2D eigenvalue weighted by atomic mass is 35.5. The van der Waals surface area contributed by atoms with Gasteiger partial charge in [0.1, 0.15) is 0 Å². The van der Waals surface area contributed by atoms with E-state index in [9.17, 15) is 9.59 Å². The van der Waals surface area contributed by atoms with Crippen molar-refractivity contribution in [3.05, 3.63) is 82.4 Å². The lowest BCUT2D eigenvalue weighted by atomic mass is 9.86. The molecule has 5 rings (SSSR count). The first-order chi connectivity index (χ1) is 20.3. The average Bonchev–Trinajstić information content (AvgIpc) is 3.00. The zero-order chi connectivity index (χ0) is 29.8. The number of hydrogen-bond donors (Lipinski definition) is 0. The number of carbonyl (C=O) groups is 2. The molecule has 2 aliphatic rings. The molecule has 3 aromatic carbocycles. The number of benzene rings is 3. The van der Waals surface area contributed by atoms with Crippen LogP contribution < -0.4 is 19.3 Å². The molecule has 222 valence electrons. The van der Waals surface area contributed by atoms with Crippen LogP contribution in [0, 0.1) is 5.92 Å². The van der Waals surface area contributed by atoms with Crippen LogP contribution in [0.2, 0.25) is 5.02 Å². The Morgan fingerprint density at radius 1 is 1.02 bits per heavy atom. The summed E-state index contributed by atoms with van der Waals surface area (Å²) < 4.78 is 11.7. The smallest absolute Gasteiger partial charge is 0.232 e. The first-order valence-electron chi connectivity index (χ1n) is 14.8. The Morgan fingerprint density at radius 2 is 1.71 bits per heavy atom. The van der Waals surface area contributed by atoms with Gasteiger partial charge in [0.2, 0.25) is 11.8 Å². The Balaban J connectivity index is 1.44. The highest BCUT2D eigenvalue weighted by molar-refractivity contribution is 6.30. The van der Waals surface area contributed by atoms with E-state index in [0.29, 0.717) is 29.0 Å². The second-order valence-corrected chi connectivity index (χ2v) is 11.7. The van der Waals surface area contributed by atoms with Crippen molar-refractivity contribution < 1.29 is 19.1 Å². The fourth-order valence-electron chi connectivity index (χ4n) is 6.10. The Labute approximate surface area is 254 Å². The minimum atomic E-state index is -0.344.